The molecule has 2 aromatic rings. The third-order valence-electron chi connectivity index (χ3n) is 3.80. The maximum atomic E-state index is 4.39. The lowest BCUT2D eigenvalue weighted by atomic mass is 9.99. The molecule has 0 spiro atoms. The first-order valence-corrected chi connectivity index (χ1v) is 7.94. The van der Waals surface area contributed by atoms with Crippen LogP contribution in [0.25, 0.3) is 0 Å². The maximum Gasteiger partial charge on any atom is 0.191 e. The lowest BCUT2D eigenvalue weighted by Crippen LogP contribution is -2.29. The standard InChI is InChI=1S/C13H20N6S/c1-18-12(10-4-3-6-14-8-10)16-17-13(18)20-9-11-5-7-15-19(11)2/h5,7,10,14H,3-4,6,8-9H2,1-2H3/t10-/m1/s1. The predicted molar refractivity (Wildman–Crippen MR) is 78.6 cm³/mol. The molecular weight excluding hydrogens is 272 g/mol. The summed E-state index contributed by atoms with van der Waals surface area (Å²) in [5, 5.41) is 17.3. The number of aromatic nitrogens is 5. The summed E-state index contributed by atoms with van der Waals surface area (Å²) < 4.78 is 4.04. The van der Waals surface area contributed by atoms with Crippen molar-refractivity contribution in [2.75, 3.05) is 13.1 Å². The summed E-state index contributed by atoms with van der Waals surface area (Å²) in [5.41, 5.74) is 1.19. The highest BCUT2D eigenvalue weighted by molar-refractivity contribution is 7.98. The van der Waals surface area contributed by atoms with Crippen LogP contribution in [0.15, 0.2) is 17.4 Å². The van der Waals surface area contributed by atoms with Crippen LogP contribution in [0, 0.1) is 0 Å². The number of nitrogens with zero attached hydrogens (tertiary/aromatic N) is 5. The maximum absolute atomic E-state index is 4.39. The molecule has 3 heterocycles. The molecule has 0 amide bonds. The first-order valence-electron chi connectivity index (χ1n) is 6.95. The summed E-state index contributed by atoms with van der Waals surface area (Å²) in [4.78, 5) is 0. The van der Waals surface area contributed by atoms with Crippen molar-refractivity contribution in [3.8, 4) is 0 Å². The fourth-order valence-corrected chi connectivity index (χ4v) is 3.51. The first-order chi connectivity index (χ1) is 9.75. The van der Waals surface area contributed by atoms with Gasteiger partial charge in [-0.1, -0.05) is 11.8 Å². The van der Waals surface area contributed by atoms with Gasteiger partial charge in [0.25, 0.3) is 0 Å². The van der Waals surface area contributed by atoms with Gasteiger partial charge in [0.05, 0.1) is 0 Å². The molecule has 2 aromatic heterocycles. The quantitative estimate of drug-likeness (QED) is 0.861. The molecule has 1 aliphatic heterocycles. The van der Waals surface area contributed by atoms with Crippen molar-refractivity contribution in [1.29, 1.82) is 0 Å². The Morgan fingerprint density at radius 1 is 1.40 bits per heavy atom. The van der Waals surface area contributed by atoms with E-state index in [-0.39, 0.29) is 0 Å². The van der Waals surface area contributed by atoms with E-state index in [0.29, 0.717) is 5.92 Å². The smallest absolute Gasteiger partial charge is 0.191 e. The fourth-order valence-electron chi connectivity index (χ4n) is 2.56. The summed E-state index contributed by atoms with van der Waals surface area (Å²) in [6, 6.07) is 2.04. The SMILES string of the molecule is Cn1nccc1CSc1nnc([C@@H]2CCCNC2)n1C. The molecule has 0 aromatic carbocycles. The number of thioether (sulfide) groups is 1. The Bertz CT molecular complexity index is 569. The number of piperidine rings is 1. The molecule has 20 heavy (non-hydrogen) atoms. The Kier molecular flexibility index (Phi) is 4.07. The van der Waals surface area contributed by atoms with Crippen LogP contribution in [0.1, 0.15) is 30.3 Å². The highest BCUT2D eigenvalue weighted by Gasteiger charge is 2.21. The van der Waals surface area contributed by atoms with Crippen molar-refractivity contribution in [3.05, 3.63) is 23.8 Å². The van der Waals surface area contributed by atoms with Gasteiger partial charge in [0, 0.05) is 44.2 Å². The molecule has 1 atom stereocenters. The van der Waals surface area contributed by atoms with Gasteiger partial charge in [0.15, 0.2) is 5.16 Å². The van der Waals surface area contributed by atoms with E-state index in [1.807, 2.05) is 24.0 Å². The third kappa shape index (κ3) is 2.73. The van der Waals surface area contributed by atoms with Crippen molar-refractivity contribution in [1.82, 2.24) is 29.9 Å². The average molecular weight is 292 g/mol. The average Bonchev–Trinajstić information content (AvgIpc) is 3.04. The van der Waals surface area contributed by atoms with Gasteiger partial charge in [-0.15, -0.1) is 10.2 Å². The summed E-state index contributed by atoms with van der Waals surface area (Å²) in [7, 11) is 4.03. The Labute approximate surface area is 123 Å². The second-order valence-electron chi connectivity index (χ2n) is 5.18. The zero-order valence-corrected chi connectivity index (χ0v) is 12.7. The molecule has 1 fully saturated rings. The Hall–Kier alpha value is -1.34. The number of nitrogens with one attached hydrogen (secondary N) is 1. The van der Waals surface area contributed by atoms with Crippen molar-refractivity contribution in [2.45, 2.75) is 29.7 Å². The van der Waals surface area contributed by atoms with E-state index in [9.17, 15) is 0 Å². The lowest BCUT2D eigenvalue weighted by molar-refractivity contribution is 0.436. The van der Waals surface area contributed by atoms with E-state index in [1.165, 1.54) is 18.5 Å². The molecular formula is C13H20N6S. The first kappa shape index (κ1) is 13.6. The van der Waals surface area contributed by atoms with Crippen molar-refractivity contribution < 1.29 is 0 Å². The molecule has 0 radical (unpaired) electrons. The molecule has 108 valence electrons. The van der Waals surface area contributed by atoms with Crippen LogP contribution in [-0.4, -0.2) is 37.6 Å². The van der Waals surface area contributed by atoms with E-state index in [1.54, 1.807) is 11.8 Å². The Morgan fingerprint density at radius 2 is 2.30 bits per heavy atom. The normalized spacial score (nSPS) is 19.4. The molecule has 0 aliphatic carbocycles. The third-order valence-corrected chi connectivity index (χ3v) is 4.86. The Morgan fingerprint density at radius 3 is 3.00 bits per heavy atom. The van der Waals surface area contributed by atoms with Crippen LogP contribution in [0.4, 0.5) is 0 Å². The van der Waals surface area contributed by atoms with Gasteiger partial charge in [-0.05, 0) is 25.5 Å². The van der Waals surface area contributed by atoms with Gasteiger partial charge in [0.1, 0.15) is 5.82 Å². The molecule has 6 nitrogen and oxygen atoms in total. The minimum atomic E-state index is 0.493. The minimum absolute atomic E-state index is 0.493. The number of hydrogen-bond donors (Lipinski definition) is 1. The fraction of sp³-hybridized carbons (Fsp3) is 0.615. The monoisotopic (exact) mass is 292 g/mol. The number of aryl methyl sites for hydroxylation is 1. The van der Waals surface area contributed by atoms with Gasteiger partial charge in [-0.2, -0.15) is 5.10 Å². The van der Waals surface area contributed by atoms with E-state index < -0.39 is 0 Å². The van der Waals surface area contributed by atoms with Crippen LogP contribution in [0.5, 0.6) is 0 Å². The van der Waals surface area contributed by atoms with Crippen LogP contribution in [0.2, 0.25) is 0 Å². The van der Waals surface area contributed by atoms with E-state index in [0.717, 1.165) is 29.8 Å². The second kappa shape index (κ2) is 5.97. The van der Waals surface area contributed by atoms with Crippen molar-refractivity contribution in [3.63, 3.8) is 0 Å². The van der Waals surface area contributed by atoms with Crippen LogP contribution >= 0.6 is 11.8 Å². The zero-order valence-electron chi connectivity index (χ0n) is 11.9. The minimum Gasteiger partial charge on any atom is -0.316 e. The van der Waals surface area contributed by atoms with Crippen molar-refractivity contribution in [2.24, 2.45) is 14.1 Å². The second-order valence-corrected chi connectivity index (χ2v) is 6.12. The summed E-state index contributed by atoms with van der Waals surface area (Å²) in [6.07, 6.45) is 4.24. The molecule has 1 saturated heterocycles. The number of hydrogen-bond acceptors (Lipinski definition) is 5. The molecule has 0 saturated carbocycles. The highest BCUT2D eigenvalue weighted by atomic mass is 32.2. The highest BCUT2D eigenvalue weighted by Crippen LogP contribution is 2.26. The van der Waals surface area contributed by atoms with Crippen LogP contribution in [-0.2, 0) is 19.8 Å². The predicted octanol–water partition coefficient (Wildman–Crippen LogP) is 1.31. The van der Waals surface area contributed by atoms with Gasteiger partial charge in [0.2, 0.25) is 0 Å². The van der Waals surface area contributed by atoms with Gasteiger partial charge in [-0.25, -0.2) is 0 Å². The number of rotatable bonds is 4. The van der Waals surface area contributed by atoms with Crippen LogP contribution in [0.3, 0.4) is 0 Å². The molecule has 3 rings (SSSR count). The molecule has 0 bridgehead atoms. The van der Waals surface area contributed by atoms with E-state index in [4.69, 9.17) is 0 Å². The summed E-state index contributed by atoms with van der Waals surface area (Å²) in [5.74, 6) is 2.46. The molecule has 1 N–H and O–H groups in total. The lowest BCUT2D eigenvalue weighted by Gasteiger charge is -2.21. The van der Waals surface area contributed by atoms with Gasteiger partial charge < -0.3 is 9.88 Å². The largest absolute Gasteiger partial charge is 0.316 e. The summed E-state index contributed by atoms with van der Waals surface area (Å²) >= 11 is 1.71. The molecule has 7 heteroatoms. The summed E-state index contributed by atoms with van der Waals surface area (Å²) in [6.45, 7) is 2.13. The van der Waals surface area contributed by atoms with Crippen LogP contribution < -0.4 is 5.32 Å². The van der Waals surface area contributed by atoms with Gasteiger partial charge >= 0.3 is 0 Å². The Balaban J connectivity index is 1.68. The van der Waals surface area contributed by atoms with Gasteiger partial charge in [-0.3, -0.25) is 4.68 Å². The zero-order chi connectivity index (χ0) is 13.9. The van der Waals surface area contributed by atoms with Crippen molar-refractivity contribution >= 4 is 11.8 Å². The van der Waals surface area contributed by atoms with E-state index >= 15 is 0 Å². The molecule has 1 aliphatic rings. The van der Waals surface area contributed by atoms with E-state index in [2.05, 4.69) is 32.2 Å². The molecule has 0 unspecified atom stereocenters. The topological polar surface area (TPSA) is 60.6 Å².